The van der Waals surface area contributed by atoms with Gasteiger partial charge in [-0.3, -0.25) is 10.1 Å². The van der Waals surface area contributed by atoms with Crippen LogP contribution < -0.4 is 0 Å². The summed E-state index contributed by atoms with van der Waals surface area (Å²) < 4.78 is 31.0. The van der Waals surface area contributed by atoms with Gasteiger partial charge in [-0.25, -0.2) is 9.18 Å². The Morgan fingerprint density at radius 3 is 2.61 bits per heavy atom. The number of hydrogen-bond donors (Lipinski definition) is 0. The third-order valence-corrected chi connectivity index (χ3v) is 2.18. The third-order valence-electron chi connectivity index (χ3n) is 2.18. The molecule has 0 saturated carbocycles. The summed E-state index contributed by atoms with van der Waals surface area (Å²) in [5.41, 5.74) is -1.60. The highest BCUT2D eigenvalue weighted by Crippen LogP contribution is 2.22. The van der Waals surface area contributed by atoms with Crippen LogP contribution in [0.1, 0.15) is 30.1 Å². The van der Waals surface area contributed by atoms with Gasteiger partial charge in [0.1, 0.15) is 11.4 Å². The van der Waals surface area contributed by atoms with Gasteiger partial charge in [0.2, 0.25) is 5.82 Å². The van der Waals surface area contributed by atoms with Gasteiger partial charge in [-0.2, -0.15) is 4.39 Å². The van der Waals surface area contributed by atoms with E-state index in [1.165, 1.54) is 0 Å². The number of nitro groups is 1. The topological polar surface area (TPSA) is 69.4 Å². The lowest BCUT2D eigenvalue weighted by atomic mass is 10.2. The maximum absolute atomic E-state index is 13.3. The van der Waals surface area contributed by atoms with E-state index in [1.54, 1.807) is 0 Å². The Labute approximate surface area is 102 Å². The molecule has 1 aromatic rings. The van der Waals surface area contributed by atoms with E-state index < -0.39 is 33.8 Å². The van der Waals surface area contributed by atoms with Crippen LogP contribution in [0, 0.1) is 21.7 Å². The van der Waals surface area contributed by atoms with Gasteiger partial charge in [0.15, 0.2) is 0 Å². The fourth-order valence-corrected chi connectivity index (χ4v) is 1.22. The third kappa shape index (κ3) is 3.22. The molecule has 0 fully saturated rings. The molecule has 1 aromatic carbocycles. The summed E-state index contributed by atoms with van der Waals surface area (Å²) in [4.78, 5) is 20.8. The summed E-state index contributed by atoms with van der Waals surface area (Å²) in [6.07, 6.45) is 1.37. The monoisotopic (exact) mass is 259 g/mol. The van der Waals surface area contributed by atoms with Crippen LogP contribution >= 0.6 is 0 Å². The first-order chi connectivity index (χ1) is 8.47. The molecular formula is C11H11F2NO4. The van der Waals surface area contributed by atoms with Crippen molar-refractivity contribution in [2.24, 2.45) is 0 Å². The van der Waals surface area contributed by atoms with Crippen LogP contribution in [0.3, 0.4) is 0 Å². The molecule has 0 radical (unpaired) electrons. The Morgan fingerprint density at radius 1 is 1.39 bits per heavy atom. The minimum Gasteiger partial charge on any atom is -0.462 e. The molecule has 0 saturated heterocycles. The van der Waals surface area contributed by atoms with Gasteiger partial charge in [-0.15, -0.1) is 0 Å². The second-order valence-corrected chi connectivity index (χ2v) is 3.53. The lowest BCUT2D eigenvalue weighted by Gasteiger charge is -2.05. The lowest BCUT2D eigenvalue weighted by molar-refractivity contribution is -0.387. The number of benzene rings is 1. The number of nitro benzene ring substituents is 1. The average molecular weight is 259 g/mol. The highest BCUT2D eigenvalue weighted by Gasteiger charge is 2.23. The maximum Gasteiger partial charge on any atom is 0.341 e. The summed E-state index contributed by atoms with van der Waals surface area (Å²) in [7, 11) is 0. The molecule has 0 aliphatic carbocycles. The number of carbonyl (C=O) groups is 1. The number of nitrogens with zero attached hydrogens (tertiary/aromatic N) is 1. The molecule has 7 heteroatoms. The van der Waals surface area contributed by atoms with Crippen LogP contribution in [-0.4, -0.2) is 17.5 Å². The standard InChI is InChI=1S/C11H11F2NO4/c1-2-3-4-18-11(15)7-5-10(14(16)17)9(13)6-8(7)12/h5-6H,2-4H2,1H3. The van der Waals surface area contributed by atoms with Crippen molar-refractivity contribution in [2.75, 3.05) is 6.61 Å². The highest BCUT2D eigenvalue weighted by atomic mass is 19.1. The number of hydrogen-bond acceptors (Lipinski definition) is 4. The Morgan fingerprint density at radius 2 is 2.06 bits per heavy atom. The zero-order valence-corrected chi connectivity index (χ0v) is 9.61. The zero-order chi connectivity index (χ0) is 13.7. The van der Waals surface area contributed by atoms with Crippen LogP contribution in [0.2, 0.25) is 0 Å². The molecule has 0 N–H and O–H groups in total. The molecule has 5 nitrogen and oxygen atoms in total. The van der Waals surface area contributed by atoms with Crippen LogP contribution in [-0.2, 0) is 4.74 Å². The molecule has 18 heavy (non-hydrogen) atoms. The summed E-state index contributed by atoms with van der Waals surface area (Å²) >= 11 is 0. The van der Waals surface area contributed by atoms with Crippen molar-refractivity contribution in [3.63, 3.8) is 0 Å². The number of esters is 1. The Kier molecular flexibility index (Phi) is 4.70. The number of unbranched alkanes of at least 4 members (excludes halogenated alkanes) is 1. The SMILES string of the molecule is CCCCOC(=O)c1cc([N+](=O)[O-])c(F)cc1F. The van der Waals surface area contributed by atoms with Crippen molar-refractivity contribution in [3.8, 4) is 0 Å². The second-order valence-electron chi connectivity index (χ2n) is 3.53. The summed E-state index contributed by atoms with van der Waals surface area (Å²) in [5, 5.41) is 10.5. The van der Waals surface area contributed by atoms with Gasteiger partial charge in [-0.05, 0) is 6.42 Å². The van der Waals surface area contributed by atoms with Gasteiger partial charge in [0.05, 0.1) is 11.5 Å². The number of rotatable bonds is 5. The van der Waals surface area contributed by atoms with E-state index in [9.17, 15) is 23.7 Å². The van der Waals surface area contributed by atoms with E-state index in [-0.39, 0.29) is 6.61 Å². The van der Waals surface area contributed by atoms with Crippen LogP contribution in [0.4, 0.5) is 14.5 Å². The smallest absolute Gasteiger partial charge is 0.341 e. The summed E-state index contributed by atoms with van der Waals surface area (Å²) in [5.74, 6) is -3.55. The Bertz CT molecular complexity index is 476. The van der Waals surface area contributed by atoms with Crippen molar-refractivity contribution >= 4 is 11.7 Å². The van der Waals surface area contributed by atoms with Crippen molar-refractivity contribution in [3.05, 3.63) is 39.4 Å². The first-order valence-electron chi connectivity index (χ1n) is 5.28. The average Bonchev–Trinajstić information content (AvgIpc) is 2.28. The van der Waals surface area contributed by atoms with Gasteiger partial charge >= 0.3 is 11.7 Å². The van der Waals surface area contributed by atoms with E-state index in [1.807, 2.05) is 6.92 Å². The minimum absolute atomic E-state index is 0.0833. The van der Waals surface area contributed by atoms with Crippen LogP contribution in [0.25, 0.3) is 0 Å². The van der Waals surface area contributed by atoms with Crippen molar-refractivity contribution in [2.45, 2.75) is 19.8 Å². The van der Waals surface area contributed by atoms with E-state index in [0.717, 1.165) is 6.42 Å². The first-order valence-corrected chi connectivity index (χ1v) is 5.28. The Balaban J connectivity index is 2.97. The van der Waals surface area contributed by atoms with Gasteiger partial charge < -0.3 is 4.74 Å². The fraction of sp³-hybridized carbons (Fsp3) is 0.364. The molecule has 1 rings (SSSR count). The lowest BCUT2D eigenvalue weighted by Crippen LogP contribution is -2.10. The molecule has 0 aromatic heterocycles. The first kappa shape index (κ1) is 14.0. The molecule has 0 spiro atoms. The molecule has 0 unspecified atom stereocenters. The summed E-state index contributed by atoms with van der Waals surface area (Å²) in [6, 6.07) is 0.841. The molecule has 0 atom stereocenters. The van der Waals surface area contributed by atoms with Gasteiger partial charge in [0.25, 0.3) is 0 Å². The minimum atomic E-state index is -1.33. The van der Waals surface area contributed by atoms with E-state index in [2.05, 4.69) is 0 Å². The quantitative estimate of drug-likeness (QED) is 0.353. The van der Waals surface area contributed by atoms with Crippen molar-refractivity contribution in [1.29, 1.82) is 0 Å². The molecule has 98 valence electrons. The molecular weight excluding hydrogens is 248 g/mol. The van der Waals surface area contributed by atoms with E-state index in [0.29, 0.717) is 18.6 Å². The largest absolute Gasteiger partial charge is 0.462 e. The number of ether oxygens (including phenoxy) is 1. The van der Waals surface area contributed by atoms with Gasteiger partial charge in [0, 0.05) is 12.1 Å². The highest BCUT2D eigenvalue weighted by molar-refractivity contribution is 5.90. The zero-order valence-electron chi connectivity index (χ0n) is 9.61. The normalized spacial score (nSPS) is 10.2. The molecule has 0 bridgehead atoms. The Hall–Kier alpha value is -2.05. The molecule has 0 aliphatic rings. The van der Waals surface area contributed by atoms with Crippen LogP contribution in [0.15, 0.2) is 12.1 Å². The van der Waals surface area contributed by atoms with Crippen molar-refractivity contribution in [1.82, 2.24) is 0 Å². The van der Waals surface area contributed by atoms with Crippen molar-refractivity contribution < 1.29 is 23.2 Å². The number of halogens is 2. The van der Waals surface area contributed by atoms with E-state index >= 15 is 0 Å². The van der Waals surface area contributed by atoms with Gasteiger partial charge in [-0.1, -0.05) is 13.3 Å². The fourth-order valence-electron chi connectivity index (χ4n) is 1.22. The molecule has 0 amide bonds. The van der Waals surface area contributed by atoms with Crippen LogP contribution in [0.5, 0.6) is 0 Å². The summed E-state index contributed by atoms with van der Waals surface area (Å²) in [6.45, 7) is 1.96. The predicted molar refractivity (Wildman–Crippen MR) is 58.2 cm³/mol. The predicted octanol–water partition coefficient (Wildman–Crippen LogP) is 2.83. The molecule has 0 aliphatic heterocycles. The molecule has 0 heterocycles. The second kappa shape index (κ2) is 6.04. The number of carbonyl (C=O) groups excluding carboxylic acids is 1. The maximum atomic E-state index is 13.3. The van der Waals surface area contributed by atoms with E-state index in [4.69, 9.17) is 4.74 Å².